The number of rotatable bonds is 7. The molecule has 1 aromatic carbocycles. The van der Waals surface area contributed by atoms with Gasteiger partial charge in [0.15, 0.2) is 5.69 Å². The van der Waals surface area contributed by atoms with E-state index in [0.29, 0.717) is 42.8 Å². The number of aromatic nitrogens is 2. The van der Waals surface area contributed by atoms with E-state index in [4.69, 9.17) is 4.74 Å². The summed E-state index contributed by atoms with van der Waals surface area (Å²) in [5.74, 6) is -0.247. The van der Waals surface area contributed by atoms with Gasteiger partial charge in [-0.05, 0) is 26.3 Å². The van der Waals surface area contributed by atoms with Gasteiger partial charge in [0.25, 0.3) is 11.5 Å². The zero-order valence-electron chi connectivity index (χ0n) is 17.0. The van der Waals surface area contributed by atoms with Gasteiger partial charge in [-0.15, -0.1) is 0 Å². The van der Waals surface area contributed by atoms with Crippen molar-refractivity contribution < 1.29 is 9.53 Å². The summed E-state index contributed by atoms with van der Waals surface area (Å²) in [6.07, 6.45) is 1.80. The fraction of sp³-hybridized carbons (Fsp3) is 0.571. The lowest BCUT2D eigenvalue weighted by Gasteiger charge is -2.40. The number of nitrogens with one attached hydrogen (secondary N) is 1. The molecule has 152 valence electrons. The first-order valence-electron chi connectivity index (χ1n) is 10.0. The maximum absolute atomic E-state index is 13.0. The van der Waals surface area contributed by atoms with E-state index < -0.39 is 0 Å². The van der Waals surface area contributed by atoms with Gasteiger partial charge in [-0.3, -0.25) is 14.5 Å². The highest BCUT2D eigenvalue weighted by atomic mass is 16.5. The Labute approximate surface area is 165 Å². The molecule has 7 heteroatoms. The molecule has 28 heavy (non-hydrogen) atoms. The van der Waals surface area contributed by atoms with Crippen LogP contribution in [0.2, 0.25) is 0 Å². The van der Waals surface area contributed by atoms with E-state index in [1.165, 1.54) is 4.68 Å². The first kappa shape index (κ1) is 20.5. The molecule has 0 unspecified atom stereocenters. The summed E-state index contributed by atoms with van der Waals surface area (Å²) in [6.45, 7) is 10.4. The van der Waals surface area contributed by atoms with E-state index >= 15 is 0 Å². The van der Waals surface area contributed by atoms with Crippen LogP contribution < -0.4 is 10.9 Å². The molecular formula is C21H30N4O3. The number of aryl methyl sites for hydroxylation is 1. The van der Waals surface area contributed by atoms with Crippen LogP contribution in [-0.4, -0.2) is 59.0 Å². The fourth-order valence-corrected chi connectivity index (χ4v) is 3.52. The predicted octanol–water partition coefficient (Wildman–Crippen LogP) is 2.04. The summed E-state index contributed by atoms with van der Waals surface area (Å²) >= 11 is 0. The van der Waals surface area contributed by atoms with Crippen molar-refractivity contribution >= 4 is 16.7 Å². The summed E-state index contributed by atoms with van der Waals surface area (Å²) in [6, 6.07) is 7.19. The minimum Gasteiger partial charge on any atom is -0.379 e. The van der Waals surface area contributed by atoms with E-state index in [-0.39, 0.29) is 17.0 Å². The summed E-state index contributed by atoms with van der Waals surface area (Å²) < 4.78 is 6.85. The normalized spacial score (nSPS) is 15.7. The molecule has 0 aliphatic carbocycles. The Morgan fingerprint density at radius 2 is 1.89 bits per heavy atom. The van der Waals surface area contributed by atoms with Crippen molar-refractivity contribution in [2.75, 3.05) is 32.8 Å². The first-order valence-corrected chi connectivity index (χ1v) is 10.0. The first-order chi connectivity index (χ1) is 13.4. The second-order valence-corrected chi connectivity index (χ2v) is 7.87. The molecule has 7 nitrogen and oxygen atoms in total. The zero-order valence-corrected chi connectivity index (χ0v) is 17.0. The molecule has 0 spiro atoms. The molecule has 2 aromatic rings. The Balaban J connectivity index is 1.84. The Hall–Kier alpha value is -2.25. The minimum absolute atomic E-state index is 0.144. The molecule has 0 atom stereocenters. The van der Waals surface area contributed by atoms with Crippen LogP contribution >= 0.6 is 0 Å². The number of morpholine rings is 1. The Bertz CT molecular complexity index is 885. The SMILES string of the molecule is CCCCn1nc(C(=O)NCC(C)(C)N2CCOCC2)c2ccccc2c1=O. The number of ether oxygens (including phenoxy) is 1. The average molecular weight is 386 g/mol. The molecule has 1 saturated heterocycles. The highest BCUT2D eigenvalue weighted by Gasteiger charge is 2.29. The summed E-state index contributed by atoms with van der Waals surface area (Å²) in [5, 5.41) is 8.57. The van der Waals surface area contributed by atoms with Gasteiger partial charge < -0.3 is 10.1 Å². The number of fused-ring (bicyclic) bond motifs is 1. The highest BCUT2D eigenvalue weighted by Crippen LogP contribution is 2.17. The van der Waals surface area contributed by atoms with Gasteiger partial charge in [0, 0.05) is 37.1 Å². The molecule has 1 aliphatic heterocycles. The predicted molar refractivity (Wildman–Crippen MR) is 110 cm³/mol. The van der Waals surface area contributed by atoms with E-state index in [0.717, 1.165) is 25.9 Å². The third-order valence-electron chi connectivity index (χ3n) is 5.35. The lowest BCUT2D eigenvalue weighted by molar-refractivity contribution is -0.00924. The molecule has 1 aromatic heterocycles. The average Bonchev–Trinajstić information content (AvgIpc) is 2.72. The Morgan fingerprint density at radius 3 is 2.57 bits per heavy atom. The number of carbonyl (C=O) groups excluding carboxylic acids is 1. The summed E-state index contributed by atoms with van der Waals surface area (Å²) in [7, 11) is 0. The van der Waals surface area contributed by atoms with Crippen molar-refractivity contribution in [3.63, 3.8) is 0 Å². The molecule has 2 heterocycles. The van der Waals surface area contributed by atoms with Crippen molar-refractivity contribution in [3.05, 3.63) is 40.3 Å². The van der Waals surface area contributed by atoms with Crippen molar-refractivity contribution in [2.24, 2.45) is 0 Å². The van der Waals surface area contributed by atoms with E-state index in [2.05, 4.69) is 36.1 Å². The van der Waals surface area contributed by atoms with Crippen LogP contribution in [0.15, 0.2) is 29.1 Å². The van der Waals surface area contributed by atoms with Crippen molar-refractivity contribution in [2.45, 2.75) is 45.7 Å². The third kappa shape index (κ3) is 4.42. The van der Waals surface area contributed by atoms with Crippen molar-refractivity contribution in [3.8, 4) is 0 Å². The Kier molecular flexibility index (Phi) is 6.46. The number of nitrogens with zero attached hydrogens (tertiary/aromatic N) is 3. The molecule has 0 saturated carbocycles. The standard InChI is InChI=1S/C21H30N4O3/c1-4-5-10-25-20(27)17-9-7-6-8-16(17)18(23-25)19(26)22-15-21(2,3)24-11-13-28-14-12-24/h6-9H,4-5,10-15H2,1-3H3,(H,22,26). The number of amides is 1. The number of hydrogen-bond donors (Lipinski definition) is 1. The van der Waals surface area contributed by atoms with Crippen molar-refractivity contribution in [1.29, 1.82) is 0 Å². The zero-order chi connectivity index (χ0) is 20.1. The monoisotopic (exact) mass is 386 g/mol. The van der Waals surface area contributed by atoms with Crippen molar-refractivity contribution in [1.82, 2.24) is 20.0 Å². The molecule has 3 rings (SSSR count). The minimum atomic E-state index is -0.247. The van der Waals surface area contributed by atoms with E-state index in [1.54, 1.807) is 12.1 Å². The second kappa shape index (κ2) is 8.84. The lowest BCUT2D eigenvalue weighted by atomic mass is 10.0. The molecule has 0 bridgehead atoms. The van der Waals surface area contributed by atoms with Gasteiger partial charge in [0.05, 0.1) is 18.6 Å². The van der Waals surface area contributed by atoms with Crippen LogP contribution in [0.1, 0.15) is 44.1 Å². The number of hydrogen-bond acceptors (Lipinski definition) is 5. The maximum atomic E-state index is 13.0. The molecule has 1 N–H and O–H groups in total. The van der Waals surface area contributed by atoms with Crippen LogP contribution in [-0.2, 0) is 11.3 Å². The smallest absolute Gasteiger partial charge is 0.274 e. The van der Waals surface area contributed by atoms with Crippen LogP contribution in [0.5, 0.6) is 0 Å². The highest BCUT2D eigenvalue weighted by molar-refractivity contribution is 6.04. The van der Waals surface area contributed by atoms with Gasteiger partial charge in [0.2, 0.25) is 0 Å². The van der Waals surface area contributed by atoms with E-state index in [9.17, 15) is 9.59 Å². The van der Waals surface area contributed by atoms with Crippen LogP contribution in [0.3, 0.4) is 0 Å². The molecule has 1 fully saturated rings. The van der Waals surface area contributed by atoms with Crippen LogP contribution in [0, 0.1) is 0 Å². The number of carbonyl (C=O) groups is 1. The van der Waals surface area contributed by atoms with Gasteiger partial charge >= 0.3 is 0 Å². The fourth-order valence-electron chi connectivity index (χ4n) is 3.52. The molecule has 1 amide bonds. The number of benzene rings is 1. The maximum Gasteiger partial charge on any atom is 0.274 e. The largest absolute Gasteiger partial charge is 0.379 e. The van der Waals surface area contributed by atoms with Crippen LogP contribution in [0.25, 0.3) is 10.8 Å². The number of unbranched alkanes of at least 4 members (excludes halogenated alkanes) is 1. The summed E-state index contributed by atoms with van der Waals surface area (Å²) in [4.78, 5) is 28.0. The van der Waals surface area contributed by atoms with Gasteiger partial charge in [-0.2, -0.15) is 5.10 Å². The molecule has 1 aliphatic rings. The third-order valence-corrected chi connectivity index (χ3v) is 5.35. The van der Waals surface area contributed by atoms with Gasteiger partial charge in [-0.25, -0.2) is 4.68 Å². The Morgan fingerprint density at radius 1 is 1.21 bits per heavy atom. The summed E-state index contributed by atoms with van der Waals surface area (Å²) in [5.41, 5.74) is -0.0235. The topological polar surface area (TPSA) is 76.5 Å². The van der Waals surface area contributed by atoms with E-state index in [1.807, 2.05) is 12.1 Å². The second-order valence-electron chi connectivity index (χ2n) is 7.87. The lowest BCUT2D eigenvalue weighted by Crippen LogP contribution is -2.55. The quantitative estimate of drug-likeness (QED) is 0.788. The van der Waals surface area contributed by atoms with Crippen LogP contribution in [0.4, 0.5) is 0 Å². The van der Waals surface area contributed by atoms with Gasteiger partial charge in [-0.1, -0.05) is 31.5 Å². The molecular weight excluding hydrogens is 356 g/mol. The van der Waals surface area contributed by atoms with Gasteiger partial charge in [0.1, 0.15) is 0 Å². The molecule has 0 radical (unpaired) electrons.